The minimum absolute atomic E-state index is 0.0597. The summed E-state index contributed by atoms with van der Waals surface area (Å²) in [4.78, 5) is 0. The number of hydrogen-bond acceptors (Lipinski definition) is 1. The van der Waals surface area contributed by atoms with Gasteiger partial charge < -0.3 is 5.73 Å². The zero-order chi connectivity index (χ0) is 15.6. The molecular weight excluding hydrogens is 278 g/mol. The Morgan fingerprint density at radius 3 is 2.29 bits per heavy atom. The van der Waals surface area contributed by atoms with Crippen LogP contribution in [0.2, 0.25) is 5.02 Å². The number of nitrogens with two attached hydrogens (primary N) is 1. The zero-order valence-corrected chi connectivity index (χ0v) is 14.2. The number of hydrogen-bond donors (Lipinski definition) is 1. The van der Waals surface area contributed by atoms with E-state index in [0.29, 0.717) is 11.3 Å². The van der Waals surface area contributed by atoms with E-state index < -0.39 is 0 Å². The molecule has 2 unspecified atom stereocenters. The van der Waals surface area contributed by atoms with Gasteiger partial charge in [-0.1, -0.05) is 69.6 Å². The third kappa shape index (κ3) is 4.21. The number of rotatable bonds is 4. The minimum Gasteiger partial charge on any atom is -0.324 e. The first kappa shape index (κ1) is 16.3. The van der Waals surface area contributed by atoms with Gasteiger partial charge in [0.25, 0.3) is 0 Å². The van der Waals surface area contributed by atoms with E-state index in [2.05, 4.69) is 45.9 Å². The summed E-state index contributed by atoms with van der Waals surface area (Å²) in [5.74, 6) is 0.606. The molecule has 0 aliphatic rings. The first-order valence-electron chi connectivity index (χ1n) is 7.70. The van der Waals surface area contributed by atoms with Crippen molar-refractivity contribution >= 4 is 22.4 Å². The molecule has 2 heteroatoms. The molecule has 0 heterocycles. The van der Waals surface area contributed by atoms with Crippen LogP contribution < -0.4 is 5.73 Å². The van der Waals surface area contributed by atoms with Crippen molar-refractivity contribution in [2.24, 2.45) is 17.1 Å². The fourth-order valence-corrected chi connectivity index (χ4v) is 3.53. The Morgan fingerprint density at radius 2 is 1.67 bits per heavy atom. The van der Waals surface area contributed by atoms with Crippen molar-refractivity contribution in [3.63, 3.8) is 0 Å². The van der Waals surface area contributed by atoms with Gasteiger partial charge in [0.15, 0.2) is 0 Å². The second-order valence-corrected chi connectivity index (χ2v) is 7.80. The molecule has 2 atom stereocenters. The summed E-state index contributed by atoms with van der Waals surface area (Å²) in [7, 11) is 0. The van der Waals surface area contributed by atoms with E-state index in [-0.39, 0.29) is 6.04 Å². The molecule has 0 aliphatic carbocycles. The van der Waals surface area contributed by atoms with Crippen LogP contribution in [-0.4, -0.2) is 0 Å². The highest BCUT2D eigenvalue weighted by molar-refractivity contribution is 6.35. The molecule has 2 N–H and O–H groups in total. The van der Waals surface area contributed by atoms with Crippen LogP contribution in [0, 0.1) is 11.3 Å². The Hall–Kier alpha value is -1.05. The van der Waals surface area contributed by atoms with E-state index in [1.54, 1.807) is 0 Å². The monoisotopic (exact) mass is 303 g/mol. The summed E-state index contributed by atoms with van der Waals surface area (Å²) < 4.78 is 0. The van der Waals surface area contributed by atoms with E-state index >= 15 is 0 Å². The van der Waals surface area contributed by atoms with E-state index in [1.807, 2.05) is 18.2 Å². The van der Waals surface area contributed by atoms with Gasteiger partial charge in [0, 0.05) is 16.5 Å². The molecule has 2 rings (SSSR count). The van der Waals surface area contributed by atoms with Crippen LogP contribution in [0.25, 0.3) is 10.8 Å². The van der Waals surface area contributed by atoms with Gasteiger partial charge in [0.1, 0.15) is 0 Å². The highest BCUT2D eigenvalue weighted by Crippen LogP contribution is 2.34. The molecule has 1 nitrogen and oxygen atoms in total. The van der Waals surface area contributed by atoms with Crippen molar-refractivity contribution in [3.8, 4) is 0 Å². The third-order valence-electron chi connectivity index (χ3n) is 3.92. The highest BCUT2D eigenvalue weighted by atomic mass is 35.5. The first-order chi connectivity index (χ1) is 9.78. The molecular formula is C19H26ClN. The summed E-state index contributed by atoms with van der Waals surface area (Å²) >= 11 is 6.29. The predicted molar refractivity (Wildman–Crippen MR) is 93.7 cm³/mol. The van der Waals surface area contributed by atoms with Crippen LogP contribution in [0.15, 0.2) is 36.4 Å². The molecule has 0 fully saturated rings. The largest absolute Gasteiger partial charge is 0.324 e. The molecule has 0 spiro atoms. The Balaban J connectivity index is 2.24. The lowest BCUT2D eigenvalue weighted by molar-refractivity contribution is 0.286. The van der Waals surface area contributed by atoms with Gasteiger partial charge in [-0.3, -0.25) is 0 Å². The van der Waals surface area contributed by atoms with Crippen LogP contribution in [0.5, 0.6) is 0 Å². The summed E-state index contributed by atoms with van der Waals surface area (Å²) in [6.45, 7) is 9.15. The summed E-state index contributed by atoms with van der Waals surface area (Å²) in [6.07, 6.45) is 2.19. The Kier molecular flexibility index (Phi) is 4.95. The lowest BCUT2D eigenvalue weighted by atomic mass is 9.82. The third-order valence-corrected chi connectivity index (χ3v) is 4.25. The van der Waals surface area contributed by atoms with Crippen molar-refractivity contribution in [2.45, 2.75) is 46.6 Å². The van der Waals surface area contributed by atoms with Gasteiger partial charge in [0.2, 0.25) is 0 Å². The molecule has 2 aromatic carbocycles. The van der Waals surface area contributed by atoms with Gasteiger partial charge in [0.05, 0.1) is 0 Å². The fourth-order valence-electron chi connectivity index (χ4n) is 3.30. The number of fused-ring (bicyclic) bond motifs is 1. The maximum atomic E-state index is 6.49. The standard InChI is InChI=1S/C19H26ClN/c1-13(12-19(2,3)4)11-18(21)16-9-10-17(20)15-8-6-5-7-14(15)16/h5-10,13,18H,11-12,21H2,1-4H3. The lowest BCUT2D eigenvalue weighted by Gasteiger charge is -2.26. The molecule has 0 aromatic heterocycles. The van der Waals surface area contributed by atoms with Crippen molar-refractivity contribution < 1.29 is 0 Å². The van der Waals surface area contributed by atoms with E-state index in [0.717, 1.165) is 16.8 Å². The Labute approximate surface area is 133 Å². The molecule has 0 amide bonds. The van der Waals surface area contributed by atoms with Crippen molar-refractivity contribution in [1.29, 1.82) is 0 Å². The summed E-state index contributed by atoms with van der Waals surface area (Å²) in [5.41, 5.74) is 8.04. The summed E-state index contributed by atoms with van der Waals surface area (Å²) in [6, 6.07) is 12.4. The van der Waals surface area contributed by atoms with Gasteiger partial charge in [-0.2, -0.15) is 0 Å². The second-order valence-electron chi connectivity index (χ2n) is 7.39. The first-order valence-corrected chi connectivity index (χ1v) is 8.08. The molecule has 114 valence electrons. The van der Waals surface area contributed by atoms with Crippen LogP contribution in [0.4, 0.5) is 0 Å². The fraction of sp³-hybridized carbons (Fsp3) is 0.474. The highest BCUT2D eigenvalue weighted by Gasteiger charge is 2.19. The average molecular weight is 304 g/mol. The number of halogens is 1. The van der Waals surface area contributed by atoms with Gasteiger partial charge in [-0.15, -0.1) is 0 Å². The SMILES string of the molecule is CC(CC(N)c1ccc(Cl)c2ccccc12)CC(C)(C)C. The number of benzene rings is 2. The van der Waals surface area contributed by atoms with Crippen molar-refractivity contribution in [3.05, 3.63) is 47.0 Å². The van der Waals surface area contributed by atoms with E-state index in [9.17, 15) is 0 Å². The molecule has 0 radical (unpaired) electrons. The summed E-state index contributed by atoms with van der Waals surface area (Å²) in [5, 5.41) is 3.07. The van der Waals surface area contributed by atoms with Crippen LogP contribution >= 0.6 is 11.6 Å². The van der Waals surface area contributed by atoms with Gasteiger partial charge in [-0.05, 0) is 41.2 Å². The quantitative estimate of drug-likeness (QED) is 0.741. The minimum atomic E-state index is 0.0597. The molecule has 0 aliphatic heterocycles. The van der Waals surface area contributed by atoms with Crippen LogP contribution in [0.1, 0.15) is 52.1 Å². The zero-order valence-electron chi connectivity index (χ0n) is 13.5. The van der Waals surface area contributed by atoms with Crippen LogP contribution in [0.3, 0.4) is 0 Å². The van der Waals surface area contributed by atoms with Gasteiger partial charge >= 0.3 is 0 Å². The average Bonchev–Trinajstić information content (AvgIpc) is 2.37. The lowest BCUT2D eigenvalue weighted by Crippen LogP contribution is -2.18. The smallest absolute Gasteiger partial charge is 0.0484 e. The molecule has 0 saturated carbocycles. The van der Waals surface area contributed by atoms with E-state index in [1.165, 1.54) is 17.4 Å². The predicted octanol–water partition coefficient (Wildman–Crippen LogP) is 5.96. The topological polar surface area (TPSA) is 26.0 Å². The molecule has 2 aromatic rings. The maximum Gasteiger partial charge on any atom is 0.0484 e. The molecule has 0 bridgehead atoms. The van der Waals surface area contributed by atoms with Crippen molar-refractivity contribution in [1.82, 2.24) is 0 Å². The Morgan fingerprint density at radius 1 is 1.05 bits per heavy atom. The molecule has 21 heavy (non-hydrogen) atoms. The van der Waals surface area contributed by atoms with Crippen molar-refractivity contribution in [2.75, 3.05) is 0 Å². The second kappa shape index (κ2) is 6.37. The van der Waals surface area contributed by atoms with Crippen LogP contribution in [-0.2, 0) is 0 Å². The Bertz CT molecular complexity index is 612. The van der Waals surface area contributed by atoms with Gasteiger partial charge in [-0.25, -0.2) is 0 Å². The van der Waals surface area contributed by atoms with E-state index in [4.69, 9.17) is 17.3 Å². The maximum absolute atomic E-state index is 6.49. The molecule has 0 saturated heterocycles. The normalized spacial score (nSPS) is 15.1.